The first-order valence-electron chi connectivity index (χ1n) is 7.50. The Labute approximate surface area is 130 Å². The number of benzene rings is 1. The van der Waals surface area contributed by atoms with Gasteiger partial charge in [-0.3, -0.25) is 4.79 Å². The van der Waals surface area contributed by atoms with Gasteiger partial charge in [-0.1, -0.05) is 23.7 Å². The van der Waals surface area contributed by atoms with Crippen molar-refractivity contribution < 1.29 is 9.53 Å². The molecule has 1 aromatic rings. The fourth-order valence-corrected chi connectivity index (χ4v) is 3.34. The minimum atomic E-state index is -0.729. The number of likely N-dealkylation sites (tertiary alicyclic amines) is 1. The average Bonchev–Trinajstić information content (AvgIpc) is 2.97. The quantitative estimate of drug-likeness (QED) is 0.911. The summed E-state index contributed by atoms with van der Waals surface area (Å²) in [5.41, 5.74) is 6.81. The monoisotopic (exact) mass is 308 g/mol. The van der Waals surface area contributed by atoms with Crippen LogP contribution in [0.5, 0.6) is 0 Å². The first-order valence-corrected chi connectivity index (χ1v) is 7.88. The van der Waals surface area contributed by atoms with Crippen LogP contribution in [0.3, 0.4) is 0 Å². The molecule has 5 heteroatoms. The Morgan fingerprint density at radius 3 is 2.62 bits per heavy atom. The van der Waals surface area contributed by atoms with Crippen molar-refractivity contribution in [2.45, 2.75) is 30.7 Å². The van der Waals surface area contributed by atoms with E-state index in [-0.39, 0.29) is 5.91 Å². The van der Waals surface area contributed by atoms with Crippen molar-refractivity contribution in [1.82, 2.24) is 4.90 Å². The van der Waals surface area contributed by atoms with E-state index in [0.29, 0.717) is 32.0 Å². The number of hydrogen-bond donors (Lipinski definition) is 1. The Morgan fingerprint density at radius 2 is 1.95 bits per heavy atom. The van der Waals surface area contributed by atoms with Crippen LogP contribution < -0.4 is 5.73 Å². The Hall–Kier alpha value is -1.10. The largest absolute Gasteiger partial charge is 0.381 e. The van der Waals surface area contributed by atoms with E-state index in [1.807, 2.05) is 29.2 Å². The lowest BCUT2D eigenvalue weighted by Crippen LogP contribution is -2.57. The summed E-state index contributed by atoms with van der Waals surface area (Å²) >= 11 is 5.92. The second-order valence-corrected chi connectivity index (χ2v) is 6.49. The van der Waals surface area contributed by atoms with Gasteiger partial charge < -0.3 is 15.4 Å². The van der Waals surface area contributed by atoms with E-state index in [1.165, 1.54) is 5.56 Å². The molecule has 0 aliphatic carbocycles. The third-order valence-electron chi connectivity index (χ3n) is 4.63. The van der Waals surface area contributed by atoms with Crippen LogP contribution in [0.1, 0.15) is 30.7 Å². The molecule has 2 aliphatic heterocycles. The molecule has 1 unspecified atom stereocenters. The number of carbonyl (C=O) groups is 1. The van der Waals surface area contributed by atoms with Gasteiger partial charge in [0.05, 0.1) is 5.54 Å². The Balaban J connectivity index is 1.66. The van der Waals surface area contributed by atoms with Crippen LogP contribution in [0, 0.1) is 0 Å². The molecule has 21 heavy (non-hydrogen) atoms. The highest BCUT2D eigenvalue weighted by Crippen LogP contribution is 2.30. The Bertz CT molecular complexity index is 512. The van der Waals surface area contributed by atoms with Gasteiger partial charge in [-0.05, 0) is 37.0 Å². The number of nitrogens with two attached hydrogens (primary N) is 1. The molecular formula is C16H21ClN2O2. The van der Waals surface area contributed by atoms with E-state index in [4.69, 9.17) is 22.1 Å². The zero-order chi connectivity index (χ0) is 14.9. The van der Waals surface area contributed by atoms with E-state index in [2.05, 4.69) is 0 Å². The Kier molecular flexibility index (Phi) is 4.20. The summed E-state index contributed by atoms with van der Waals surface area (Å²) < 4.78 is 5.32. The maximum atomic E-state index is 12.7. The molecule has 2 saturated heterocycles. The van der Waals surface area contributed by atoms with Crippen LogP contribution >= 0.6 is 11.6 Å². The van der Waals surface area contributed by atoms with Crippen LogP contribution in [-0.2, 0) is 9.53 Å². The summed E-state index contributed by atoms with van der Waals surface area (Å²) in [5, 5.41) is 0.743. The van der Waals surface area contributed by atoms with Crippen molar-refractivity contribution in [3.63, 3.8) is 0 Å². The maximum Gasteiger partial charge on any atom is 0.242 e. The smallest absolute Gasteiger partial charge is 0.242 e. The van der Waals surface area contributed by atoms with Crippen molar-refractivity contribution in [1.29, 1.82) is 0 Å². The molecule has 2 aliphatic rings. The van der Waals surface area contributed by atoms with Gasteiger partial charge in [0, 0.05) is 37.2 Å². The molecule has 0 radical (unpaired) electrons. The summed E-state index contributed by atoms with van der Waals surface area (Å²) in [6.07, 6.45) is 2.22. The minimum absolute atomic E-state index is 0.0854. The van der Waals surface area contributed by atoms with Crippen LogP contribution in [0.2, 0.25) is 5.02 Å². The third-order valence-corrected chi connectivity index (χ3v) is 4.88. The predicted octanol–water partition coefficient (Wildman–Crippen LogP) is 2.16. The molecule has 0 bridgehead atoms. The van der Waals surface area contributed by atoms with Crippen LogP contribution in [0.15, 0.2) is 24.3 Å². The number of rotatable bonds is 2. The lowest BCUT2D eigenvalue weighted by atomic mass is 9.89. The zero-order valence-electron chi connectivity index (χ0n) is 12.1. The highest BCUT2D eigenvalue weighted by molar-refractivity contribution is 6.30. The molecule has 1 atom stereocenters. The van der Waals surface area contributed by atoms with E-state index in [9.17, 15) is 4.79 Å². The number of amides is 1. The summed E-state index contributed by atoms with van der Waals surface area (Å²) in [5.74, 6) is 0.469. The van der Waals surface area contributed by atoms with Crippen molar-refractivity contribution in [3.05, 3.63) is 34.9 Å². The van der Waals surface area contributed by atoms with Gasteiger partial charge in [-0.25, -0.2) is 0 Å². The molecule has 3 rings (SSSR count). The van der Waals surface area contributed by atoms with Crippen molar-refractivity contribution >= 4 is 17.5 Å². The number of carbonyl (C=O) groups excluding carboxylic acids is 1. The van der Waals surface area contributed by atoms with E-state index in [0.717, 1.165) is 24.5 Å². The summed E-state index contributed by atoms with van der Waals surface area (Å²) in [4.78, 5) is 14.6. The first kappa shape index (κ1) is 14.8. The molecule has 2 N–H and O–H groups in total. The lowest BCUT2D eigenvalue weighted by molar-refractivity contribution is -0.139. The van der Waals surface area contributed by atoms with Gasteiger partial charge in [-0.2, -0.15) is 0 Å². The Morgan fingerprint density at radius 1 is 1.29 bits per heavy atom. The molecule has 2 fully saturated rings. The van der Waals surface area contributed by atoms with Crippen molar-refractivity contribution in [3.8, 4) is 0 Å². The predicted molar refractivity (Wildman–Crippen MR) is 82.4 cm³/mol. The SMILES string of the molecule is NC1(C(=O)N2CCC(c3ccc(Cl)cc3)C2)CCOCC1. The fraction of sp³-hybridized carbons (Fsp3) is 0.562. The molecule has 2 heterocycles. The zero-order valence-corrected chi connectivity index (χ0v) is 12.8. The summed E-state index contributed by atoms with van der Waals surface area (Å²) in [6.45, 7) is 2.69. The lowest BCUT2D eigenvalue weighted by Gasteiger charge is -2.35. The molecule has 4 nitrogen and oxygen atoms in total. The van der Waals surface area contributed by atoms with Gasteiger partial charge in [0.2, 0.25) is 5.91 Å². The van der Waals surface area contributed by atoms with Gasteiger partial charge in [0.1, 0.15) is 0 Å². The molecule has 0 saturated carbocycles. The molecule has 1 aromatic carbocycles. The minimum Gasteiger partial charge on any atom is -0.381 e. The molecule has 0 spiro atoms. The molecule has 114 valence electrons. The molecular weight excluding hydrogens is 288 g/mol. The number of nitrogens with zero attached hydrogens (tertiary/aromatic N) is 1. The second kappa shape index (κ2) is 5.95. The molecule has 1 amide bonds. The van der Waals surface area contributed by atoms with Crippen LogP contribution in [0.4, 0.5) is 0 Å². The van der Waals surface area contributed by atoms with Gasteiger partial charge in [0.15, 0.2) is 0 Å². The van der Waals surface area contributed by atoms with Crippen molar-refractivity contribution in [2.24, 2.45) is 5.73 Å². The van der Waals surface area contributed by atoms with E-state index < -0.39 is 5.54 Å². The third kappa shape index (κ3) is 3.07. The highest BCUT2D eigenvalue weighted by Gasteiger charge is 2.41. The van der Waals surface area contributed by atoms with E-state index >= 15 is 0 Å². The van der Waals surface area contributed by atoms with Gasteiger partial charge in [-0.15, -0.1) is 0 Å². The highest BCUT2D eigenvalue weighted by atomic mass is 35.5. The average molecular weight is 309 g/mol. The second-order valence-electron chi connectivity index (χ2n) is 6.06. The van der Waals surface area contributed by atoms with E-state index in [1.54, 1.807) is 0 Å². The maximum absolute atomic E-state index is 12.7. The summed E-state index contributed by atoms with van der Waals surface area (Å²) in [6, 6.07) is 7.91. The van der Waals surface area contributed by atoms with Gasteiger partial charge in [0.25, 0.3) is 0 Å². The summed E-state index contributed by atoms with van der Waals surface area (Å²) in [7, 11) is 0. The topological polar surface area (TPSA) is 55.6 Å². The number of halogens is 1. The van der Waals surface area contributed by atoms with Crippen LogP contribution in [0.25, 0.3) is 0 Å². The van der Waals surface area contributed by atoms with Crippen LogP contribution in [-0.4, -0.2) is 42.6 Å². The van der Waals surface area contributed by atoms with Crippen molar-refractivity contribution in [2.75, 3.05) is 26.3 Å². The standard InChI is InChI=1S/C16H21ClN2O2/c17-14-3-1-12(2-4-14)13-5-8-19(11-13)15(20)16(18)6-9-21-10-7-16/h1-4,13H,5-11,18H2. The first-order chi connectivity index (χ1) is 10.1. The fourth-order valence-electron chi connectivity index (χ4n) is 3.22. The molecule has 0 aromatic heterocycles. The normalized spacial score (nSPS) is 25.0. The van der Waals surface area contributed by atoms with Gasteiger partial charge >= 0.3 is 0 Å². The number of hydrogen-bond acceptors (Lipinski definition) is 3. The number of ether oxygens (including phenoxy) is 1.